The van der Waals surface area contributed by atoms with Crippen LogP contribution in [0, 0.1) is 0 Å². The molecule has 1 aromatic carbocycles. The molecule has 1 unspecified atom stereocenters. The number of esters is 1. The first-order valence-corrected chi connectivity index (χ1v) is 6.25. The van der Waals surface area contributed by atoms with E-state index in [1.807, 2.05) is 30.3 Å². The lowest BCUT2D eigenvalue weighted by molar-refractivity contribution is -0.149. The third-order valence-electron chi connectivity index (χ3n) is 3.21. The summed E-state index contributed by atoms with van der Waals surface area (Å²) in [6, 6.07) is 9.41. The number of hydrogen-bond acceptors (Lipinski definition) is 3. The second-order valence-electron chi connectivity index (χ2n) is 4.62. The zero-order valence-electron chi connectivity index (χ0n) is 9.97. The van der Waals surface area contributed by atoms with Gasteiger partial charge in [-0.15, -0.1) is 0 Å². The van der Waals surface area contributed by atoms with E-state index in [9.17, 15) is 4.79 Å². The predicted molar refractivity (Wildman–Crippen MR) is 66.3 cm³/mol. The van der Waals surface area contributed by atoms with Gasteiger partial charge in [-0.2, -0.15) is 0 Å². The molecule has 2 rings (SSSR count). The summed E-state index contributed by atoms with van der Waals surface area (Å²) in [5.74, 6) is -0.173. The number of rotatable bonds is 4. The zero-order valence-corrected chi connectivity index (χ0v) is 9.97. The summed E-state index contributed by atoms with van der Waals surface area (Å²) in [6.45, 7) is 0. The van der Waals surface area contributed by atoms with E-state index in [4.69, 9.17) is 10.5 Å². The lowest BCUT2D eigenvalue weighted by atomic mass is 10.1. The summed E-state index contributed by atoms with van der Waals surface area (Å²) in [6.07, 6.45) is 4.75. The molecular weight excluding hydrogens is 214 g/mol. The van der Waals surface area contributed by atoms with Gasteiger partial charge in [0.2, 0.25) is 0 Å². The normalized spacial score (nSPS) is 17.9. The van der Waals surface area contributed by atoms with Gasteiger partial charge in [0.1, 0.15) is 6.10 Å². The van der Waals surface area contributed by atoms with Crippen molar-refractivity contribution < 1.29 is 9.53 Å². The number of carbonyl (C=O) groups is 1. The number of nitrogens with two attached hydrogens (primary N) is 1. The molecule has 17 heavy (non-hydrogen) atoms. The molecule has 2 N–H and O–H groups in total. The molecule has 1 fully saturated rings. The lowest BCUT2D eigenvalue weighted by Crippen LogP contribution is -2.20. The summed E-state index contributed by atoms with van der Waals surface area (Å²) in [4.78, 5) is 11.7. The molecule has 3 heteroatoms. The van der Waals surface area contributed by atoms with Crippen LogP contribution in [-0.2, 0) is 9.53 Å². The van der Waals surface area contributed by atoms with E-state index in [1.165, 1.54) is 12.8 Å². The molecule has 1 saturated carbocycles. The zero-order chi connectivity index (χ0) is 12.1. The Labute approximate surface area is 102 Å². The van der Waals surface area contributed by atoms with Crippen molar-refractivity contribution >= 4 is 5.97 Å². The molecule has 0 bridgehead atoms. The summed E-state index contributed by atoms with van der Waals surface area (Å²) in [5.41, 5.74) is 6.95. The Balaban J connectivity index is 1.81. The van der Waals surface area contributed by atoms with Crippen molar-refractivity contribution in [1.82, 2.24) is 0 Å². The maximum absolute atomic E-state index is 11.7. The lowest BCUT2D eigenvalue weighted by Gasteiger charge is -2.14. The second-order valence-corrected chi connectivity index (χ2v) is 4.62. The Morgan fingerprint density at radius 1 is 1.29 bits per heavy atom. The van der Waals surface area contributed by atoms with Gasteiger partial charge >= 0.3 is 5.97 Å². The van der Waals surface area contributed by atoms with E-state index in [0.29, 0.717) is 0 Å². The standard InChI is InChI=1S/C14H19NO2/c15-13(11-6-2-1-3-7-11)10-14(16)17-12-8-4-5-9-12/h1-3,6-7,12-13H,4-5,8-10,15H2. The maximum atomic E-state index is 11.7. The van der Waals surface area contributed by atoms with Crippen LogP contribution in [0.2, 0.25) is 0 Å². The Bertz CT molecular complexity index is 358. The van der Waals surface area contributed by atoms with Gasteiger partial charge in [0, 0.05) is 6.04 Å². The van der Waals surface area contributed by atoms with E-state index in [1.54, 1.807) is 0 Å². The van der Waals surface area contributed by atoms with Crippen LogP contribution >= 0.6 is 0 Å². The van der Waals surface area contributed by atoms with Gasteiger partial charge in [-0.3, -0.25) is 4.79 Å². The van der Waals surface area contributed by atoms with E-state index < -0.39 is 0 Å². The van der Waals surface area contributed by atoms with E-state index in [0.717, 1.165) is 18.4 Å². The Hall–Kier alpha value is -1.35. The van der Waals surface area contributed by atoms with Crippen LogP contribution in [0.15, 0.2) is 30.3 Å². The third kappa shape index (κ3) is 3.56. The van der Waals surface area contributed by atoms with Gasteiger partial charge in [0.25, 0.3) is 0 Å². The molecule has 3 nitrogen and oxygen atoms in total. The highest BCUT2D eigenvalue weighted by atomic mass is 16.5. The molecular formula is C14H19NO2. The summed E-state index contributed by atoms with van der Waals surface area (Å²) < 4.78 is 5.38. The SMILES string of the molecule is NC(CC(=O)OC1CCCC1)c1ccccc1. The van der Waals surface area contributed by atoms with Crippen molar-refractivity contribution in [1.29, 1.82) is 0 Å². The minimum atomic E-state index is -0.259. The smallest absolute Gasteiger partial charge is 0.307 e. The first-order chi connectivity index (χ1) is 8.25. The predicted octanol–water partition coefficient (Wildman–Crippen LogP) is 2.56. The topological polar surface area (TPSA) is 52.3 Å². The number of benzene rings is 1. The van der Waals surface area contributed by atoms with Gasteiger partial charge in [-0.05, 0) is 31.2 Å². The van der Waals surface area contributed by atoms with Crippen LogP contribution in [0.3, 0.4) is 0 Å². The highest BCUT2D eigenvalue weighted by molar-refractivity contribution is 5.70. The molecule has 0 aliphatic heterocycles. The van der Waals surface area contributed by atoms with Crippen molar-refractivity contribution in [2.45, 2.75) is 44.2 Å². The Morgan fingerprint density at radius 2 is 1.94 bits per heavy atom. The fourth-order valence-electron chi connectivity index (χ4n) is 2.24. The van der Waals surface area contributed by atoms with Crippen LogP contribution in [0.4, 0.5) is 0 Å². The number of carbonyl (C=O) groups excluding carboxylic acids is 1. The number of hydrogen-bond donors (Lipinski definition) is 1. The first kappa shape index (κ1) is 12.1. The molecule has 1 aliphatic rings. The van der Waals surface area contributed by atoms with Crippen LogP contribution in [-0.4, -0.2) is 12.1 Å². The molecule has 0 spiro atoms. The largest absolute Gasteiger partial charge is 0.462 e. The second kappa shape index (κ2) is 5.82. The Kier molecular flexibility index (Phi) is 4.15. The van der Waals surface area contributed by atoms with Gasteiger partial charge < -0.3 is 10.5 Å². The quantitative estimate of drug-likeness (QED) is 0.813. The molecule has 1 aliphatic carbocycles. The highest BCUT2D eigenvalue weighted by Crippen LogP contribution is 2.22. The van der Waals surface area contributed by atoms with Gasteiger partial charge in [0.05, 0.1) is 6.42 Å². The van der Waals surface area contributed by atoms with E-state index in [2.05, 4.69) is 0 Å². The monoisotopic (exact) mass is 233 g/mol. The molecule has 0 aromatic heterocycles. The molecule has 92 valence electrons. The van der Waals surface area contributed by atoms with Crippen molar-refractivity contribution in [3.05, 3.63) is 35.9 Å². The molecule has 0 heterocycles. The van der Waals surface area contributed by atoms with Crippen molar-refractivity contribution in [3.8, 4) is 0 Å². The molecule has 0 radical (unpaired) electrons. The first-order valence-electron chi connectivity index (χ1n) is 6.25. The fourth-order valence-corrected chi connectivity index (χ4v) is 2.24. The van der Waals surface area contributed by atoms with Crippen LogP contribution in [0.5, 0.6) is 0 Å². The maximum Gasteiger partial charge on any atom is 0.307 e. The highest BCUT2D eigenvalue weighted by Gasteiger charge is 2.20. The summed E-state index contributed by atoms with van der Waals surface area (Å²) in [5, 5.41) is 0. The molecule has 0 amide bonds. The van der Waals surface area contributed by atoms with Crippen LogP contribution < -0.4 is 5.73 Å². The average Bonchev–Trinajstić information content (AvgIpc) is 2.82. The summed E-state index contributed by atoms with van der Waals surface area (Å²) >= 11 is 0. The fraction of sp³-hybridized carbons (Fsp3) is 0.500. The minimum absolute atomic E-state index is 0.130. The number of ether oxygens (including phenoxy) is 1. The summed E-state index contributed by atoms with van der Waals surface area (Å²) in [7, 11) is 0. The Morgan fingerprint density at radius 3 is 2.59 bits per heavy atom. The van der Waals surface area contributed by atoms with Crippen LogP contribution in [0.25, 0.3) is 0 Å². The van der Waals surface area contributed by atoms with Gasteiger partial charge in [-0.25, -0.2) is 0 Å². The average molecular weight is 233 g/mol. The van der Waals surface area contributed by atoms with E-state index >= 15 is 0 Å². The molecule has 0 saturated heterocycles. The van der Waals surface area contributed by atoms with Crippen molar-refractivity contribution in [2.75, 3.05) is 0 Å². The molecule has 1 atom stereocenters. The third-order valence-corrected chi connectivity index (χ3v) is 3.21. The van der Waals surface area contributed by atoms with Crippen LogP contribution in [0.1, 0.15) is 43.7 Å². The van der Waals surface area contributed by atoms with Gasteiger partial charge in [-0.1, -0.05) is 30.3 Å². The minimum Gasteiger partial charge on any atom is -0.462 e. The molecule has 1 aromatic rings. The van der Waals surface area contributed by atoms with E-state index in [-0.39, 0.29) is 24.5 Å². The van der Waals surface area contributed by atoms with Crippen molar-refractivity contribution in [2.24, 2.45) is 5.73 Å². The van der Waals surface area contributed by atoms with Gasteiger partial charge in [0.15, 0.2) is 0 Å². The van der Waals surface area contributed by atoms with Crippen molar-refractivity contribution in [3.63, 3.8) is 0 Å².